The molecule has 206 valence electrons. The van der Waals surface area contributed by atoms with Crippen LogP contribution in [0.4, 0.5) is 5.82 Å². The Kier molecular flexibility index (Phi) is 6.69. The number of allylic oxidation sites excluding steroid dienone is 1. The minimum atomic E-state index is -0.456. The standard InChI is InChI=1S/C31H35N7O2/c1-39-27-19-33-13-9-25(27)31(21-7-11-32-12-8-21)10-6-26-24(18-31)28-29(34-20-35-30(28)37-26)36-22-2-4-23(5-3-22)38-14-16-40-17-15-38/h6-13,19-20,22-23H,2-5,14-18H2,1H3,(H2,34,35,36,37). The summed E-state index contributed by atoms with van der Waals surface area (Å²) in [6, 6.07) is 7.30. The fraction of sp³-hybridized carbons (Fsp3) is 0.419. The number of nitrogens with zero attached hydrogens (tertiary/aromatic N) is 5. The van der Waals surface area contributed by atoms with Crippen molar-refractivity contribution in [3.05, 3.63) is 77.8 Å². The van der Waals surface area contributed by atoms with Crippen molar-refractivity contribution in [2.45, 2.75) is 49.6 Å². The van der Waals surface area contributed by atoms with E-state index in [-0.39, 0.29) is 0 Å². The number of hydrogen-bond acceptors (Lipinski definition) is 8. The predicted octanol–water partition coefficient (Wildman–Crippen LogP) is 4.37. The van der Waals surface area contributed by atoms with Crippen LogP contribution in [0.1, 0.15) is 48.1 Å². The van der Waals surface area contributed by atoms with Crippen molar-refractivity contribution in [2.24, 2.45) is 0 Å². The molecule has 40 heavy (non-hydrogen) atoms. The van der Waals surface area contributed by atoms with Crippen LogP contribution in [-0.4, -0.2) is 75.3 Å². The lowest BCUT2D eigenvalue weighted by Gasteiger charge is -2.39. The smallest absolute Gasteiger partial charge is 0.143 e. The van der Waals surface area contributed by atoms with Crippen LogP contribution >= 0.6 is 0 Å². The number of H-pyrrole nitrogens is 1. The minimum Gasteiger partial charge on any atom is -0.495 e. The largest absolute Gasteiger partial charge is 0.495 e. The third-order valence-electron chi connectivity index (χ3n) is 9.00. The summed E-state index contributed by atoms with van der Waals surface area (Å²) in [6.07, 6.45) is 18.8. The lowest BCUT2D eigenvalue weighted by Crippen LogP contribution is -2.46. The number of hydrogen-bond donors (Lipinski definition) is 2. The van der Waals surface area contributed by atoms with Crippen LogP contribution in [0, 0.1) is 0 Å². The van der Waals surface area contributed by atoms with Gasteiger partial charge in [-0.1, -0.05) is 6.08 Å². The normalized spacial score (nSPS) is 25.0. The van der Waals surface area contributed by atoms with Crippen LogP contribution in [-0.2, 0) is 16.6 Å². The van der Waals surface area contributed by atoms with Gasteiger partial charge in [0.15, 0.2) is 0 Å². The second-order valence-electron chi connectivity index (χ2n) is 11.1. The van der Waals surface area contributed by atoms with E-state index in [0.29, 0.717) is 12.1 Å². The summed E-state index contributed by atoms with van der Waals surface area (Å²) in [5.41, 5.74) is 4.91. The molecular weight excluding hydrogens is 502 g/mol. The molecule has 0 aromatic carbocycles. The molecule has 9 heteroatoms. The number of methoxy groups -OCH3 is 1. The van der Waals surface area contributed by atoms with Crippen molar-refractivity contribution in [2.75, 3.05) is 38.7 Å². The molecule has 2 aliphatic carbocycles. The van der Waals surface area contributed by atoms with Crippen LogP contribution < -0.4 is 10.1 Å². The van der Waals surface area contributed by atoms with Gasteiger partial charge in [-0.15, -0.1) is 0 Å². The first-order chi connectivity index (χ1) is 19.7. The summed E-state index contributed by atoms with van der Waals surface area (Å²) in [6.45, 7) is 3.83. The average Bonchev–Trinajstić information content (AvgIpc) is 3.41. The molecule has 0 amide bonds. The third-order valence-corrected chi connectivity index (χ3v) is 9.00. The van der Waals surface area contributed by atoms with Crippen LogP contribution in [0.3, 0.4) is 0 Å². The number of ether oxygens (including phenoxy) is 2. The Morgan fingerprint density at radius 3 is 2.62 bits per heavy atom. The van der Waals surface area contributed by atoms with E-state index >= 15 is 0 Å². The molecule has 4 aromatic heterocycles. The molecule has 1 atom stereocenters. The summed E-state index contributed by atoms with van der Waals surface area (Å²) >= 11 is 0. The summed E-state index contributed by atoms with van der Waals surface area (Å²) in [4.78, 5) is 24.2. The van der Waals surface area contributed by atoms with Gasteiger partial charge in [0.25, 0.3) is 0 Å². The molecule has 1 aliphatic heterocycles. The Bertz CT molecular complexity index is 1510. The molecule has 7 rings (SSSR count). The van der Waals surface area contributed by atoms with E-state index in [9.17, 15) is 0 Å². The average molecular weight is 538 g/mol. The first-order valence-corrected chi connectivity index (χ1v) is 14.3. The summed E-state index contributed by atoms with van der Waals surface area (Å²) in [5, 5.41) is 4.90. The molecule has 5 heterocycles. The minimum absolute atomic E-state index is 0.394. The topological polar surface area (TPSA) is 101 Å². The zero-order chi connectivity index (χ0) is 26.9. The number of aromatic nitrogens is 5. The number of aromatic amines is 1. The van der Waals surface area contributed by atoms with E-state index < -0.39 is 5.41 Å². The van der Waals surface area contributed by atoms with Crippen molar-refractivity contribution < 1.29 is 9.47 Å². The maximum absolute atomic E-state index is 5.81. The molecule has 1 saturated carbocycles. The first kappa shape index (κ1) is 25.2. The zero-order valence-electron chi connectivity index (χ0n) is 22.8. The van der Waals surface area contributed by atoms with Gasteiger partial charge in [0.05, 0.1) is 31.9 Å². The predicted molar refractivity (Wildman–Crippen MR) is 154 cm³/mol. The molecule has 0 spiro atoms. The van der Waals surface area contributed by atoms with Crippen LogP contribution in [0.2, 0.25) is 0 Å². The van der Waals surface area contributed by atoms with E-state index in [0.717, 1.165) is 85.0 Å². The molecule has 0 radical (unpaired) electrons. The highest BCUT2D eigenvalue weighted by Crippen LogP contribution is 2.46. The molecule has 3 aliphatic rings. The maximum atomic E-state index is 5.81. The van der Waals surface area contributed by atoms with Crippen molar-refractivity contribution in [3.8, 4) is 5.75 Å². The van der Waals surface area contributed by atoms with Crippen LogP contribution in [0.5, 0.6) is 5.75 Å². The monoisotopic (exact) mass is 537 g/mol. The first-order valence-electron chi connectivity index (χ1n) is 14.3. The van der Waals surface area contributed by atoms with E-state index in [1.165, 1.54) is 18.4 Å². The van der Waals surface area contributed by atoms with E-state index in [2.05, 4.69) is 60.5 Å². The molecule has 0 bridgehead atoms. The summed E-state index contributed by atoms with van der Waals surface area (Å²) < 4.78 is 11.4. The second kappa shape index (κ2) is 10.6. The highest BCUT2D eigenvalue weighted by atomic mass is 16.5. The number of morpholine rings is 1. The number of fused-ring (bicyclic) bond motifs is 3. The van der Waals surface area contributed by atoms with Crippen molar-refractivity contribution in [1.29, 1.82) is 0 Å². The SMILES string of the molecule is COc1cnccc1C1(c2ccncc2)C=Cc2[nH]c3ncnc(NC4CCC(N5CCOCC5)CC4)c3c2C1. The van der Waals surface area contributed by atoms with E-state index in [1.54, 1.807) is 19.6 Å². The maximum Gasteiger partial charge on any atom is 0.143 e. The number of nitrogens with one attached hydrogen (secondary N) is 2. The summed E-state index contributed by atoms with van der Waals surface area (Å²) in [7, 11) is 1.70. The zero-order valence-corrected chi connectivity index (χ0v) is 22.8. The molecular formula is C31H35N7O2. The fourth-order valence-electron chi connectivity index (χ4n) is 6.92. The molecule has 1 saturated heterocycles. The van der Waals surface area contributed by atoms with Gasteiger partial charge in [-0.2, -0.15) is 0 Å². The highest BCUT2D eigenvalue weighted by molar-refractivity contribution is 5.94. The van der Waals surface area contributed by atoms with Gasteiger partial charge >= 0.3 is 0 Å². The van der Waals surface area contributed by atoms with E-state index in [4.69, 9.17) is 14.5 Å². The molecule has 9 nitrogen and oxygen atoms in total. The van der Waals surface area contributed by atoms with Gasteiger partial charge < -0.3 is 19.8 Å². The van der Waals surface area contributed by atoms with Gasteiger partial charge in [0, 0.05) is 60.4 Å². The molecule has 1 unspecified atom stereocenters. The van der Waals surface area contributed by atoms with Gasteiger partial charge in [0.2, 0.25) is 0 Å². The Hall–Kier alpha value is -3.82. The van der Waals surface area contributed by atoms with Gasteiger partial charge in [-0.3, -0.25) is 14.9 Å². The lowest BCUT2D eigenvalue weighted by atomic mass is 9.68. The number of anilines is 1. The fourth-order valence-corrected chi connectivity index (χ4v) is 6.92. The van der Waals surface area contributed by atoms with Crippen molar-refractivity contribution in [1.82, 2.24) is 29.8 Å². The number of rotatable bonds is 6. The molecule has 4 aromatic rings. The van der Waals surface area contributed by atoms with Gasteiger partial charge in [-0.05, 0) is 67.5 Å². The Labute approximate surface area is 234 Å². The lowest BCUT2D eigenvalue weighted by molar-refractivity contribution is 0.00791. The molecule has 2 N–H and O–H groups in total. The second-order valence-corrected chi connectivity index (χ2v) is 11.1. The number of pyridine rings is 2. The Morgan fingerprint density at radius 2 is 1.82 bits per heavy atom. The van der Waals surface area contributed by atoms with Crippen molar-refractivity contribution >= 4 is 22.9 Å². The Morgan fingerprint density at radius 1 is 1.02 bits per heavy atom. The summed E-state index contributed by atoms with van der Waals surface area (Å²) in [5.74, 6) is 1.68. The molecule has 2 fully saturated rings. The van der Waals surface area contributed by atoms with Gasteiger partial charge in [0.1, 0.15) is 23.5 Å². The third kappa shape index (κ3) is 4.43. The van der Waals surface area contributed by atoms with Crippen molar-refractivity contribution in [3.63, 3.8) is 0 Å². The van der Waals surface area contributed by atoms with E-state index in [1.807, 2.05) is 18.6 Å². The van der Waals surface area contributed by atoms with Crippen LogP contribution in [0.15, 0.2) is 55.4 Å². The van der Waals surface area contributed by atoms with Gasteiger partial charge in [-0.25, -0.2) is 9.97 Å². The highest BCUT2D eigenvalue weighted by Gasteiger charge is 2.39. The van der Waals surface area contributed by atoms with Crippen LogP contribution in [0.25, 0.3) is 17.1 Å². The quantitative estimate of drug-likeness (QED) is 0.374. The Balaban J connectivity index is 1.22.